The summed E-state index contributed by atoms with van der Waals surface area (Å²) in [7, 11) is -4.03. The van der Waals surface area contributed by atoms with E-state index in [-0.39, 0.29) is 23.2 Å². The molecule has 31 heavy (non-hydrogen) atoms. The number of anilines is 1. The van der Waals surface area contributed by atoms with E-state index < -0.39 is 16.1 Å². The summed E-state index contributed by atoms with van der Waals surface area (Å²) in [5.41, 5.74) is 1.04. The molecular weight excluding hydrogens is 416 g/mol. The van der Waals surface area contributed by atoms with Gasteiger partial charge in [0.1, 0.15) is 11.4 Å². The van der Waals surface area contributed by atoms with E-state index in [1.165, 1.54) is 12.1 Å². The molecule has 0 fully saturated rings. The lowest BCUT2D eigenvalue weighted by molar-refractivity contribution is 0.237. The van der Waals surface area contributed by atoms with Crippen molar-refractivity contribution in [1.29, 1.82) is 0 Å². The molecule has 0 unspecified atom stereocenters. The normalized spacial score (nSPS) is 11.2. The van der Waals surface area contributed by atoms with Gasteiger partial charge in [-0.1, -0.05) is 36.4 Å². The fourth-order valence-corrected chi connectivity index (χ4v) is 3.77. The van der Waals surface area contributed by atoms with Gasteiger partial charge in [0, 0.05) is 18.9 Å². The minimum Gasteiger partial charge on any atom is -0.489 e. The maximum atomic E-state index is 13.1. The molecule has 0 saturated carbocycles. The van der Waals surface area contributed by atoms with Crippen molar-refractivity contribution in [2.75, 3.05) is 5.01 Å². The number of nitrogens with zero attached hydrogens (tertiary/aromatic N) is 2. The second-order valence-electron chi connectivity index (χ2n) is 6.90. The molecule has 1 aromatic heterocycles. The molecule has 0 spiro atoms. The number of pyridine rings is 1. The standard InChI is InChI=1S/C22H24N4O4S/c1-17(2)30-21-13-7-6-12-20(21)26(22(27)24-16-18-9-8-14-23-15-18)25-31(28,29)19-10-4-3-5-11-19/h3-15,17,25H,16H2,1-2H3,(H,24,27). The lowest BCUT2D eigenvalue weighted by Crippen LogP contribution is -2.51. The van der Waals surface area contributed by atoms with Crippen LogP contribution in [0.25, 0.3) is 0 Å². The number of sulfonamides is 1. The number of benzene rings is 2. The summed E-state index contributed by atoms with van der Waals surface area (Å²) in [6.45, 7) is 3.86. The Kier molecular flexibility index (Phi) is 7.22. The van der Waals surface area contributed by atoms with Crippen molar-refractivity contribution in [2.45, 2.75) is 31.4 Å². The summed E-state index contributed by atoms with van der Waals surface area (Å²) in [6.07, 6.45) is 3.08. The van der Waals surface area contributed by atoms with Gasteiger partial charge in [0.05, 0.1) is 11.0 Å². The second-order valence-corrected chi connectivity index (χ2v) is 8.56. The predicted octanol–water partition coefficient (Wildman–Crippen LogP) is 3.48. The number of ether oxygens (including phenoxy) is 1. The topological polar surface area (TPSA) is 101 Å². The molecule has 0 aliphatic carbocycles. The first-order valence-corrected chi connectivity index (χ1v) is 11.1. The first kappa shape index (κ1) is 22.3. The highest BCUT2D eigenvalue weighted by atomic mass is 32.2. The van der Waals surface area contributed by atoms with Crippen LogP contribution in [0.4, 0.5) is 10.5 Å². The molecule has 2 aromatic carbocycles. The number of urea groups is 1. The number of para-hydroxylation sites is 2. The highest BCUT2D eigenvalue weighted by Crippen LogP contribution is 2.29. The van der Waals surface area contributed by atoms with Gasteiger partial charge in [0.2, 0.25) is 0 Å². The minimum atomic E-state index is -4.03. The molecule has 0 bridgehead atoms. The van der Waals surface area contributed by atoms with E-state index in [0.717, 1.165) is 10.6 Å². The largest absolute Gasteiger partial charge is 0.489 e. The highest BCUT2D eigenvalue weighted by Gasteiger charge is 2.26. The van der Waals surface area contributed by atoms with Crippen LogP contribution in [0, 0.1) is 0 Å². The Balaban J connectivity index is 1.93. The van der Waals surface area contributed by atoms with E-state index >= 15 is 0 Å². The molecule has 0 saturated heterocycles. The van der Waals surface area contributed by atoms with Gasteiger partial charge >= 0.3 is 6.03 Å². The fourth-order valence-electron chi connectivity index (χ4n) is 2.73. The molecule has 3 aromatic rings. The number of rotatable bonds is 8. The van der Waals surface area contributed by atoms with Gasteiger partial charge in [0.25, 0.3) is 10.0 Å². The minimum absolute atomic E-state index is 0.0299. The SMILES string of the molecule is CC(C)Oc1ccccc1N(NS(=O)(=O)c1ccccc1)C(=O)NCc1cccnc1. The highest BCUT2D eigenvalue weighted by molar-refractivity contribution is 7.89. The fraction of sp³-hybridized carbons (Fsp3) is 0.182. The Hall–Kier alpha value is -3.43. The number of amides is 2. The van der Waals surface area contributed by atoms with Crippen molar-refractivity contribution in [3.63, 3.8) is 0 Å². The monoisotopic (exact) mass is 440 g/mol. The van der Waals surface area contributed by atoms with Crippen LogP contribution in [0.3, 0.4) is 0 Å². The van der Waals surface area contributed by atoms with E-state index in [4.69, 9.17) is 4.74 Å². The summed E-state index contributed by atoms with van der Waals surface area (Å²) < 4.78 is 31.7. The van der Waals surface area contributed by atoms with Gasteiger partial charge in [0.15, 0.2) is 0 Å². The molecule has 162 valence electrons. The molecule has 0 aliphatic heterocycles. The molecule has 9 heteroatoms. The summed E-state index contributed by atoms with van der Waals surface area (Å²) in [5, 5.41) is 3.66. The Morgan fingerprint density at radius 3 is 2.42 bits per heavy atom. The van der Waals surface area contributed by atoms with Gasteiger partial charge < -0.3 is 10.1 Å². The summed E-state index contributed by atoms with van der Waals surface area (Å²) >= 11 is 0. The van der Waals surface area contributed by atoms with Crippen LogP contribution in [-0.4, -0.2) is 25.5 Å². The van der Waals surface area contributed by atoms with Crippen LogP contribution in [0.2, 0.25) is 0 Å². The molecule has 0 radical (unpaired) electrons. The van der Waals surface area contributed by atoms with Crippen molar-refractivity contribution in [2.24, 2.45) is 0 Å². The second kappa shape index (κ2) is 10.1. The number of hydrazine groups is 1. The lowest BCUT2D eigenvalue weighted by atomic mass is 10.2. The third-order valence-electron chi connectivity index (χ3n) is 4.10. The smallest absolute Gasteiger partial charge is 0.337 e. The first-order chi connectivity index (χ1) is 14.9. The quantitative estimate of drug-likeness (QED) is 0.523. The van der Waals surface area contributed by atoms with Gasteiger partial charge in [-0.15, -0.1) is 4.83 Å². The number of aromatic nitrogens is 1. The number of carbonyl (C=O) groups is 1. The third-order valence-corrected chi connectivity index (χ3v) is 5.42. The molecule has 0 aliphatic rings. The van der Waals surface area contributed by atoms with Gasteiger partial charge in [-0.25, -0.2) is 18.2 Å². The van der Waals surface area contributed by atoms with Crippen LogP contribution in [-0.2, 0) is 16.6 Å². The Labute approximate surface area is 181 Å². The van der Waals surface area contributed by atoms with Crippen LogP contribution >= 0.6 is 0 Å². The first-order valence-electron chi connectivity index (χ1n) is 9.67. The average molecular weight is 441 g/mol. The zero-order valence-corrected chi connectivity index (χ0v) is 18.0. The number of hydrogen-bond acceptors (Lipinski definition) is 5. The molecule has 0 atom stereocenters. The van der Waals surface area contributed by atoms with E-state index in [1.807, 2.05) is 19.9 Å². The van der Waals surface area contributed by atoms with E-state index in [0.29, 0.717) is 5.75 Å². The van der Waals surface area contributed by atoms with Gasteiger partial charge in [-0.3, -0.25) is 4.98 Å². The van der Waals surface area contributed by atoms with E-state index in [1.54, 1.807) is 60.9 Å². The van der Waals surface area contributed by atoms with Crippen LogP contribution in [0.15, 0.2) is 84.0 Å². The average Bonchev–Trinajstić information content (AvgIpc) is 2.77. The maximum absolute atomic E-state index is 13.1. The van der Waals surface area contributed by atoms with E-state index in [9.17, 15) is 13.2 Å². The van der Waals surface area contributed by atoms with Gasteiger partial charge in [-0.2, -0.15) is 0 Å². The maximum Gasteiger partial charge on any atom is 0.337 e. The van der Waals surface area contributed by atoms with E-state index in [2.05, 4.69) is 15.1 Å². The zero-order valence-electron chi connectivity index (χ0n) is 17.2. The molecule has 3 rings (SSSR count). The summed E-state index contributed by atoms with van der Waals surface area (Å²) in [5.74, 6) is 0.366. The van der Waals surface area contributed by atoms with Crippen molar-refractivity contribution >= 4 is 21.7 Å². The molecule has 8 nitrogen and oxygen atoms in total. The molecule has 2 N–H and O–H groups in total. The predicted molar refractivity (Wildman–Crippen MR) is 118 cm³/mol. The van der Waals surface area contributed by atoms with Crippen LogP contribution in [0.5, 0.6) is 5.75 Å². The Bertz CT molecular complexity index is 1110. The summed E-state index contributed by atoms with van der Waals surface area (Å²) in [6, 6.07) is 17.4. The van der Waals surface area contributed by atoms with Gasteiger partial charge in [-0.05, 0) is 49.7 Å². The van der Waals surface area contributed by atoms with Crippen molar-refractivity contribution in [3.05, 3.63) is 84.7 Å². The molecule has 1 heterocycles. The molecular formula is C22H24N4O4S. The Morgan fingerprint density at radius 1 is 1.03 bits per heavy atom. The lowest BCUT2D eigenvalue weighted by Gasteiger charge is -2.26. The number of nitrogens with one attached hydrogen (secondary N) is 2. The Morgan fingerprint density at radius 2 is 1.74 bits per heavy atom. The van der Waals surface area contributed by atoms with Crippen molar-refractivity contribution in [3.8, 4) is 5.75 Å². The van der Waals surface area contributed by atoms with Crippen LogP contribution < -0.4 is 19.9 Å². The van der Waals surface area contributed by atoms with Crippen molar-refractivity contribution in [1.82, 2.24) is 15.1 Å². The zero-order chi connectivity index (χ0) is 22.3. The van der Waals surface area contributed by atoms with Crippen molar-refractivity contribution < 1.29 is 17.9 Å². The third kappa shape index (κ3) is 6.03. The number of carbonyl (C=O) groups excluding carboxylic acids is 1. The van der Waals surface area contributed by atoms with Crippen LogP contribution in [0.1, 0.15) is 19.4 Å². The molecule has 2 amide bonds. The summed E-state index contributed by atoms with van der Waals surface area (Å²) in [4.78, 5) is 19.5. The number of hydrogen-bond donors (Lipinski definition) is 2.